The number of aromatic nitrogens is 5. The van der Waals surface area contributed by atoms with E-state index in [-0.39, 0.29) is 34.9 Å². The van der Waals surface area contributed by atoms with E-state index in [1.807, 2.05) is 19.1 Å². The molecule has 0 radical (unpaired) electrons. The summed E-state index contributed by atoms with van der Waals surface area (Å²) in [6, 6.07) is 10.4. The van der Waals surface area contributed by atoms with Crippen LogP contribution in [0.4, 0.5) is 10.2 Å². The summed E-state index contributed by atoms with van der Waals surface area (Å²) in [5.74, 6) is -0.0330. The first-order chi connectivity index (χ1) is 16.9. The molecule has 4 aromatic rings. The van der Waals surface area contributed by atoms with Crippen LogP contribution in [-0.2, 0) is 4.79 Å². The van der Waals surface area contributed by atoms with Crippen molar-refractivity contribution in [1.29, 1.82) is 0 Å². The fourth-order valence-electron chi connectivity index (χ4n) is 4.30. The molecule has 1 fully saturated rings. The number of piperidine rings is 1. The lowest BCUT2D eigenvalue weighted by molar-refractivity contribution is -0.127. The fourth-order valence-corrected chi connectivity index (χ4v) is 4.30. The lowest BCUT2D eigenvalue weighted by Crippen LogP contribution is -2.40. The molecule has 0 spiro atoms. The van der Waals surface area contributed by atoms with Gasteiger partial charge in [-0.1, -0.05) is 24.3 Å². The second-order valence-electron chi connectivity index (χ2n) is 8.44. The molecule has 1 unspecified atom stereocenters. The van der Waals surface area contributed by atoms with E-state index in [1.54, 1.807) is 33.8 Å². The highest BCUT2D eigenvalue weighted by Gasteiger charge is 2.28. The minimum atomic E-state index is -0.753. The third-order valence-electron chi connectivity index (χ3n) is 6.07. The monoisotopic (exact) mass is 473 g/mol. The van der Waals surface area contributed by atoms with Crippen molar-refractivity contribution in [3.63, 3.8) is 0 Å². The number of nitrogens with zero attached hydrogens (tertiary/aromatic N) is 6. The molecule has 178 valence electrons. The Labute approximate surface area is 201 Å². The molecule has 2 N–H and O–H groups in total. The number of benzene rings is 1. The predicted octanol–water partition coefficient (Wildman–Crippen LogP) is 4.06. The van der Waals surface area contributed by atoms with Crippen LogP contribution in [0, 0.1) is 12.9 Å². The van der Waals surface area contributed by atoms with Gasteiger partial charge in [0.15, 0.2) is 5.65 Å². The van der Waals surface area contributed by atoms with E-state index in [2.05, 4.69) is 21.5 Å². The zero-order valence-electron chi connectivity index (χ0n) is 19.2. The number of nitrogen functional groups attached to an aromatic ring is 1. The van der Waals surface area contributed by atoms with E-state index in [0.29, 0.717) is 29.9 Å². The Morgan fingerprint density at radius 1 is 1.23 bits per heavy atom. The topological polar surface area (TPSA) is 112 Å². The van der Waals surface area contributed by atoms with Gasteiger partial charge in [0.05, 0.1) is 17.0 Å². The highest BCUT2D eigenvalue weighted by atomic mass is 19.1. The quantitative estimate of drug-likeness (QED) is 0.344. The molecule has 35 heavy (non-hydrogen) atoms. The number of likely N-dealkylation sites (tertiary alicyclic amines) is 1. The van der Waals surface area contributed by atoms with Crippen LogP contribution in [-0.4, -0.2) is 48.6 Å². The van der Waals surface area contributed by atoms with Gasteiger partial charge in [-0.3, -0.25) is 4.79 Å². The number of fused-ring (bicyclic) bond motifs is 1. The smallest absolute Gasteiger partial charge is 0.246 e. The summed E-state index contributed by atoms with van der Waals surface area (Å²) in [5.41, 5.74) is 8.19. The molecular formula is C25H24FN7O2. The van der Waals surface area contributed by atoms with Gasteiger partial charge in [-0.05, 0) is 44.0 Å². The summed E-state index contributed by atoms with van der Waals surface area (Å²) >= 11 is 0. The number of halogens is 1. The second kappa shape index (κ2) is 9.13. The number of carbonyl (C=O) groups excluding carboxylic acids is 1. The number of aryl methyl sites for hydroxylation is 1. The van der Waals surface area contributed by atoms with E-state index in [0.717, 1.165) is 18.4 Å². The average molecular weight is 474 g/mol. The van der Waals surface area contributed by atoms with E-state index < -0.39 is 5.95 Å². The van der Waals surface area contributed by atoms with Crippen LogP contribution in [0.3, 0.4) is 0 Å². The molecule has 3 aromatic heterocycles. The molecule has 4 heterocycles. The highest BCUT2D eigenvalue weighted by Crippen LogP contribution is 2.35. The zero-order chi connectivity index (χ0) is 24.5. The molecule has 0 bridgehead atoms. The molecule has 1 aromatic carbocycles. The molecule has 1 saturated heterocycles. The van der Waals surface area contributed by atoms with Crippen LogP contribution in [0.1, 0.15) is 24.4 Å². The van der Waals surface area contributed by atoms with Gasteiger partial charge in [-0.15, -0.1) is 0 Å². The van der Waals surface area contributed by atoms with E-state index in [1.165, 1.54) is 12.4 Å². The Bertz CT molecular complexity index is 1420. The van der Waals surface area contributed by atoms with Crippen molar-refractivity contribution in [2.24, 2.45) is 0 Å². The van der Waals surface area contributed by atoms with Crippen LogP contribution in [0.15, 0.2) is 55.4 Å². The lowest BCUT2D eigenvalue weighted by atomic mass is 10.1. The number of carbonyl (C=O) groups is 1. The molecule has 0 aliphatic carbocycles. The van der Waals surface area contributed by atoms with Crippen molar-refractivity contribution in [1.82, 2.24) is 29.6 Å². The Morgan fingerprint density at radius 2 is 2.03 bits per heavy atom. The molecule has 1 aliphatic rings. The molecule has 1 amide bonds. The van der Waals surface area contributed by atoms with Crippen LogP contribution >= 0.6 is 0 Å². The number of pyridine rings is 1. The number of nitrogens with two attached hydrogens (primary N) is 1. The van der Waals surface area contributed by atoms with Gasteiger partial charge < -0.3 is 15.4 Å². The first-order valence-electron chi connectivity index (χ1n) is 11.3. The molecule has 1 aliphatic heterocycles. The molecule has 9 nitrogen and oxygen atoms in total. The SMILES string of the molecule is C=CC(=O)N1CCCC(n2nc(-c3ccc(Oc4ccc(C)cc4)nc3F)c3c(N)ncnc32)C1. The maximum atomic E-state index is 15.2. The molecule has 1 atom stereocenters. The Hall–Kier alpha value is -4.34. The first-order valence-corrected chi connectivity index (χ1v) is 11.3. The van der Waals surface area contributed by atoms with Gasteiger partial charge in [0.1, 0.15) is 23.6 Å². The van der Waals surface area contributed by atoms with Crippen molar-refractivity contribution in [2.45, 2.75) is 25.8 Å². The Morgan fingerprint density at radius 3 is 2.77 bits per heavy atom. The van der Waals surface area contributed by atoms with E-state index >= 15 is 4.39 Å². The Kier molecular flexibility index (Phi) is 5.86. The highest BCUT2D eigenvalue weighted by molar-refractivity contribution is 5.98. The molecule has 0 saturated carbocycles. The normalized spacial score (nSPS) is 15.8. The lowest BCUT2D eigenvalue weighted by Gasteiger charge is -2.32. The zero-order valence-corrected chi connectivity index (χ0v) is 19.2. The van der Waals surface area contributed by atoms with Crippen molar-refractivity contribution in [3.8, 4) is 22.9 Å². The number of hydrogen-bond acceptors (Lipinski definition) is 7. The summed E-state index contributed by atoms with van der Waals surface area (Å²) in [6.07, 6.45) is 4.23. The molecular weight excluding hydrogens is 449 g/mol. The minimum Gasteiger partial charge on any atom is -0.439 e. The van der Waals surface area contributed by atoms with Gasteiger partial charge in [-0.25, -0.2) is 14.6 Å². The second-order valence-corrected chi connectivity index (χ2v) is 8.44. The average Bonchev–Trinajstić information content (AvgIpc) is 3.26. The summed E-state index contributed by atoms with van der Waals surface area (Å²) in [7, 11) is 0. The minimum absolute atomic E-state index is 0.119. The van der Waals surface area contributed by atoms with Gasteiger partial charge in [-0.2, -0.15) is 14.5 Å². The predicted molar refractivity (Wildman–Crippen MR) is 129 cm³/mol. The summed E-state index contributed by atoms with van der Waals surface area (Å²) in [6.45, 7) is 6.63. The number of hydrogen-bond donors (Lipinski definition) is 1. The van der Waals surface area contributed by atoms with Gasteiger partial charge in [0.25, 0.3) is 0 Å². The van der Waals surface area contributed by atoms with Crippen LogP contribution in [0.25, 0.3) is 22.3 Å². The first kappa shape index (κ1) is 22.5. The third-order valence-corrected chi connectivity index (χ3v) is 6.07. The summed E-state index contributed by atoms with van der Waals surface area (Å²) in [5, 5.41) is 5.13. The van der Waals surface area contributed by atoms with Gasteiger partial charge >= 0.3 is 0 Å². The fraction of sp³-hybridized carbons (Fsp3) is 0.240. The van der Waals surface area contributed by atoms with E-state index in [4.69, 9.17) is 15.6 Å². The van der Waals surface area contributed by atoms with Crippen molar-refractivity contribution < 1.29 is 13.9 Å². The number of rotatable bonds is 5. The Balaban J connectivity index is 1.53. The van der Waals surface area contributed by atoms with Gasteiger partial charge in [0.2, 0.25) is 17.7 Å². The van der Waals surface area contributed by atoms with Crippen LogP contribution in [0.2, 0.25) is 0 Å². The largest absolute Gasteiger partial charge is 0.439 e. The third kappa shape index (κ3) is 4.30. The summed E-state index contributed by atoms with van der Waals surface area (Å²) < 4.78 is 22.6. The molecule has 5 rings (SSSR count). The van der Waals surface area contributed by atoms with Crippen LogP contribution < -0.4 is 10.5 Å². The van der Waals surface area contributed by atoms with Crippen molar-refractivity contribution in [2.75, 3.05) is 18.8 Å². The molecule has 10 heteroatoms. The maximum absolute atomic E-state index is 15.2. The number of anilines is 1. The van der Waals surface area contributed by atoms with Crippen molar-refractivity contribution >= 4 is 22.8 Å². The van der Waals surface area contributed by atoms with E-state index in [9.17, 15) is 4.79 Å². The maximum Gasteiger partial charge on any atom is 0.246 e. The van der Waals surface area contributed by atoms with Crippen molar-refractivity contribution in [3.05, 3.63) is 66.9 Å². The standard InChI is InChI=1S/C25H24FN7O2/c1-3-20(34)32-12-4-5-16(13-32)33-25-21(24(27)28-14-29-25)22(31-33)18-10-11-19(30-23(18)26)35-17-8-6-15(2)7-9-17/h3,6-11,14,16H,1,4-5,12-13H2,2H3,(H2,27,28,29). The summed E-state index contributed by atoms with van der Waals surface area (Å²) in [4.78, 5) is 26.4. The number of ether oxygens (including phenoxy) is 1. The van der Waals surface area contributed by atoms with Gasteiger partial charge in [0, 0.05) is 19.2 Å². The number of amides is 1. The van der Waals surface area contributed by atoms with Crippen LogP contribution in [0.5, 0.6) is 11.6 Å².